The minimum atomic E-state index is -0.720. The van der Waals surface area contributed by atoms with Crippen LogP contribution in [0.25, 0.3) is 0 Å². The van der Waals surface area contributed by atoms with Crippen molar-refractivity contribution in [3.63, 3.8) is 0 Å². The number of guanidine groups is 1. The lowest BCUT2D eigenvalue weighted by Crippen LogP contribution is -2.65. The van der Waals surface area contributed by atoms with Crippen molar-refractivity contribution in [2.45, 2.75) is 39.9 Å². The molecule has 9 nitrogen and oxygen atoms in total. The Morgan fingerprint density at radius 1 is 1.20 bits per heavy atom. The standard InChI is InChI=1S/C21H25N5O4/c1-6-30-16(27)11-25-19(28)17-18(23(5)21(25)29)22-20-24(17)10-14(4)26(20)15-8-7-12(2)9-13(15)3/h7-10,17-18H,6,11H2,1-5H3. The van der Waals surface area contributed by atoms with Crippen LogP contribution < -0.4 is 4.90 Å². The van der Waals surface area contributed by atoms with Gasteiger partial charge in [-0.05, 0) is 39.3 Å². The largest absolute Gasteiger partial charge is 0.465 e. The Hall–Kier alpha value is -3.36. The highest BCUT2D eigenvalue weighted by Crippen LogP contribution is 2.37. The Kier molecular flexibility index (Phi) is 4.76. The molecular weight excluding hydrogens is 386 g/mol. The molecule has 1 fully saturated rings. The van der Waals surface area contributed by atoms with E-state index in [4.69, 9.17) is 9.73 Å². The highest BCUT2D eigenvalue weighted by Gasteiger charge is 2.54. The van der Waals surface area contributed by atoms with E-state index in [1.165, 1.54) is 4.90 Å². The highest BCUT2D eigenvalue weighted by atomic mass is 16.5. The Labute approximate surface area is 175 Å². The number of aryl methyl sites for hydroxylation is 2. The summed E-state index contributed by atoms with van der Waals surface area (Å²) in [5.74, 6) is -0.475. The van der Waals surface area contributed by atoms with Crippen LogP contribution in [-0.4, -0.2) is 71.0 Å². The molecule has 0 N–H and O–H groups in total. The number of amides is 3. The molecule has 3 amide bonds. The maximum absolute atomic E-state index is 13.2. The zero-order valence-corrected chi connectivity index (χ0v) is 17.7. The van der Waals surface area contributed by atoms with Crippen LogP contribution in [0, 0.1) is 13.8 Å². The number of nitrogens with zero attached hydrogens (tertiary/aromatic N) is 5. The summed E-state index contributed by atoms with van der Waals surface area (Å²) in [7, 11) is 1.59. The summed E-state index contributed by atoms with van der Waals surface area (Å²) in [4.78, 5) is 48.8. The van der Waals surface area contributed by atoms with Crippen molar-refractivity contribution in [1.82, 2.24) is 14.7 Å². The zero-order chi connectivity index (χ0) is 21.7. The lowest BCUT2D eigenvalue weighted by molar-refractivity contribution is -0.150. The first-order chi connectivity index (χ1) is 14.2. The Bertz CT molecular complexity index is 1000. The number of rotatable bonds is 4. The first-order valence-corrected chi connectivity index (χ1v) is 9.90. The fourth-order valence-corrected chi connectivity index (χ4v) is 4.19. The molecule has 30 heavy (non-hydrogen) atoms. The fourth-order valence-electron chi connectivity index (χ4n) is 4.19. The number of carbonyl (C=O) groups excluding carboxylic acids is 3. The molecule has 1 aromatic carbocycles. The van der Waals surface area contributed by atoms with Crippen molar-refractivity contribution in [3.8, 4) is 0 Å². The maximum atomic E-state index is 13.2. The molecule has 3 aliphatic heterocycles. The molecule has 0 saturated carbocycles. The van der Waals surface area contributed by atoms with Crippen LogP contribution in [0.3, 0.4) is 0 Å². The summed E-state index contributed by atoms with van der Waals surface area (Å²) in [6.07, 6.45) is 1.21. The van der Waals surface area contributed by atoms with Crippen LogP contribution in [0.4, 0.5) is 10.5 Å². The lowest BCUT2D eigenvalue weighted by Gasteiger charge is -2.39. The van der Waals surface area contributed by atoms with Gasteiger partial charge in [0, 0.05) is 18.9 Å². The van der Waals surface area contributed by atoms with Crippen molar-refractivity contribution >= 4 is 29.6 Å². The van der Waals surface area contributed by atoms with E-state index in [9.17, 15) is 14.4 Å². The molecule has 1 aromatic rings. The van der Waals surface area contributed by atoms with Gasteiger partial charge in [-0.2, -0.15) is 0 Å². The Morgan fingerprint density at radius 3 is 2.60 bits per heavy atom. The summed E-state index contributed by atoms with van der Waals surface area (Å²) in [5, 5.41) is 0. The maximum Gasteiger partial charge on any atom is 0.328 e. The number of hydrogen-bond donors (Lipinski definition) is 0. The molecule has 4 rings (SSSR count). The SMILES string of the molecule is CCOC(=O)CN1C(=O)C2C(N=C3N(c4ccc(C)cc4C)C(C)=CN32)N(C)C1=O. The molecule has 2 unspecified atom stereocenters. The van der Waals surface area contributed by atoms with Crippen LogP contribution >= 0.6 is 0 Å². The van der Waals surface area contributed by atoms with Gasteiger partial charge in [0.2, 0.25) is 5.96 Å². The minimum Gasteiger partial charge on any atom is -0.465 e. The number of aliphatic imine (C=N–C) groups is 1. The topological polar surface area (TPSA) is 85.8 Å². The van der Waals surface area contributed by atoms with Gasteiger partial charge in [-0.1, -0.05) is 17.7 Å². The molecule has 0 radical (unpaired) electrons. The monoisotopic (exact) mass is 411 g/mol. The summed E-state index contributed by atoms with van der Waals surface area (Å²) in [5.41, 5.74) is 4.13. The van der Waals surface area contributed by atoms with E-state index in [-0.39, 0.29) is 6.61 Å². The van der Waals surface area contributed by atoms with E-state index in [0.29, 0.717) is 5.96 Å². The third-order valence-electron chi connectivity index (χ3n) is 5.57. The van der Waals surface area contributed by atoms with Gasteiger partial charge in [0.25, 0.3) is 5.91 Å². The second kappa shape index (κ2) is 7.16. The highest BCUT2D eigenvalue weighted by molar-refractivity contribution is 6.10. The average molecular weight is 411 g/mol. The van der Waals surface area contributed by atoms with Gasteiger partial charge in [0.05, 0.1) is 12.3 Å². The van der Waals surface area contributed by atoms with Crippen LogP contribution in [0.1, 0.15) is 25.0 Å². The number of urea groups is 1. The number of benzene rings is 1. The van der Waals surface area contributed by atoms with Crippen molar-refractivity contribution in [1.29, 1.82) is 0 Å². The van der Waals surface area contributed by atoms with Gasteiger partial charge < -0.3 is 14.5 Å². The summed E-state index contributed by atoms with van der Waals surface area (Å²) >= 11 is 0. The van der Waals surface area contributed by atoms with Crippen molar-refractivity contribution in [3.05, 3.63) is 41.2 Å². The predicted octanol–water partition coefficient (Wildman–Crippen LogP) is 1.81. The lowest BCUT2D eigenvalue weighted by atomic mass is 10.1. The molecule has 3 heterocycles. The smallest absolute Gasteiger partial charge is 0.328 e. The first kappa shape index (κ1) is 19.9. The van der Waals surface area contributed by atoms with Crippen molar-refractivity contribution < 1.29 is 19.1 Å². The number of anilines is 1. The number of allylic oxidation sites excluding steroid dienone is 1. The van der Waals surface area contributed by atoms with E-state index in [1.54, 1.807) is 18.9 Å². The first-order valence-electron chi connectivity index (χ1n) is 9.90. The van der Waals surface area contributed by atoms with Gasteiger partial charge in [0.1, 0.15) is 6.54 Å². The van der Waals surface area contributed by atoms with E-state index < -0.39 is 36.7 Å². The Morgan fingerprint density at radius 2 is 1.93 bits per heavy atom. The molecule has 0 bridgehead atoms. The summed E-state index contributed by atoms with van der Waals surface area (Å²) < 4.78 is 4.92. The number of esters is 1. The normalized spacial score (nSPS) is 22.8. The second-order valence-corrected chi connectivity index (χ2v) is 7.71. The molecule has 158 valence electrons. The quantitative estimate of drug-likeness (QED) is 0.703. The molecular formula is C21H25N5O4. The van der Waals surface area contributed by atoms with Crippen LogP contribution in [0.2, 0.25) is 0 Å². The number of hydrogen-bond acceptors (Lipinski definition) is 7. The van der Waals surface area contributed by atoms with Gasteiger partial charge in [-0.15, -0.1) is 0 Å². The van der Waals surface area contributed by atoms with E-state index in [0.717, 1.165) is 27.4 Å². The molecule has 0 aromatic heterocycles. The molecule has 3 aliphatic rings. The third-order valence-corrected chi connectivity index (χ3v) is 5.57. The molecule has 1 saturated heterocycles. The van der Waals surface area contributed by atoms with Crippen molar-refractivity contribution in [2.75, 3.05) is 25.1 Å². The Balaban J connectivity index is 1.68. The van der Waals surface area contributed by atoms with Crippen LogP contribution in [-0.2, 0) is 14.3 Å². The van der Waals surface area contributed by atoms with Crippen LogP contribution in [0.15, 0.2) is 35.1 Å². The van der Waals surface area contributed by atoms with Gasteiger partial charge in [-0.25, -0.2) is 9.79 Å². The molecule has 9 heteroatoms. The number of ether oxygens (including phenoxy) is 1. The number of carbonyl (C=O) groups is 3. The minimum absolute atomic E-state index is 0.184. The van der Waals surface area contributed by atoms with Crippen LogP contribution in [0.5, 0.6) is 0 Å². The third kappa shape index (κ3) is 2.92. The van der Waals surface area contributed by atoms with E-state index >= 15 is 0 Å². The number of fused-ring (bicyclic) bond motifs is 3. The van der Waals surface area contributed by atoms with E-state index in [1.807, 2.05) is 44.0 Å². The second-order valence-electron chi connectivity index (χ2n) is 7.71. The molecule has 0 spiro atoms. The zero-order valence-electron chi connectivity index (χ0n) is 17.7. The molecule has 0 aliphatic carbocycles. The van der Waals surface area contributed by atoms with Gasteiger partial charge >= 0.3 is 12.0 Å². The average Bonchev–Trinajstić information content (AvgIpc) is 3.19. The summed E-state index contributed by atoms with van der Waals surface area (Å²) in [6.45, 7) is 7.47. The summed E-state index contributed by atoms with van der Waals surface area (Å²) in [6, 6.07) is 4.87. The van der Waals surface area contributed by atoms with Gasteiger partial charge in [-0.3, -0.25) is 19.4 Å². The van der Waals surface area contributed by atoms with Gasteiger partial charge in [0.15, 0.2) is 12.2 Å². The van der Waals surface area contributed by atoms with E-state index in [2.05, 4.69) is 6.07 Å². The van der Waals surface area contributed by atoms with Crippen molar-refractivity contribution in [2.24, 2.45) is 4.99 Å². The predicted molar refractivity (Wildman–Crippen MR) is 111 cm³/mol. The number of imide groups is 1. The fraction of sp³-hybridized carbons (Fsp3) is 0.429. The molecule has 2 atom stereocenters. The number of likely N-dealkylation sites (N-methyl/N-ethyl adjacent to an activating group) is 1.